The molecule has 0 saturated heterocycles. The van der Waals surface area contributed by atoms with E-state index >= 15 is 0 Å². The molecule has 0 aromatic rings. The third-order valence-electron chi connectivity index (χ3n) is 2.01. The topological polar surface area (TPSA) is 80.9 Å². The van der Waals surface area contributed by atoms with Crippen LogP contribution in [-0.4, -0.2) is 56.2 Å². The Bertz CT molecular complexity index is 331. The molecule has 14 heteroatoms. The molecule has 0 aromatic carbocycles. The molecule has 0 bridgehead atoms. The lowest BCUT2D eigenvalue weighted by atomic mass is 9.95. The van der Waals surface area contributed by atoms with E-state index in [2.05, 4.69) is 0 Å². The highest BCUT2D eigenvalue weighted by molar-refractivity contribution is 5.07. The average Bonchev–Trinajstić information content (AvgIpc) is 2.12. The van der Waals surface area contributed by atoms with E-state index in [4.69, 9.17) is 20.4 Å². The lowest BCUT2D eigenvalue weighted by Crippen LogP contribution is -2.73. The molecule has 0 amide bonds. The molecule has 1 atom stereocenters. The fraction of sp³-hybridized carbons (Fsp3) is 1.00. The summed E-state index contributed by atoms with van der Waals surface area (Å²) in [6.07, 6.45) is -7.31. The third-order valence-corrected chi connectivity index (χ3v) is 2.01. The summed E-state index contributed by atoms with van der Waals surface area (Å²) in [5.41, 5.74) is 0. The highest BCUT2D eigenvalue weighted by Crippen LogP contribution is 2.57. The fourth-order valence-corrected chi connectivity index (χ4v) is 0.794. The zero-order valence-corrected chi connectivity index (χ0v) is 8.57. The highest BCUT2D eigenvalue weighted by atomic mass is 19.4. The molecule has 20 heavy (non-hydrogen) atoms. The van der Waals surface area contributed by atoms with Gasteiger partial charge in [0, 0.05) is 0 Å². The van der Waals surface area contributed by atoms with E-state index in [1.165, 1.54) is 0 Å². The second-order valence-corrected chi connectivity index (χ2v) is 3.48. The molecular formula is C6H4F10O4. The van der Waals surface area contributed by atoms with Gasteiger partial charge in [-0.3, -0.25) is 0 Å². The number of hydrogen-bond donors (Lipinski definition) is 4. The largest absolute Gasteiger partial charge is 0.460 e. The molecule has 0 aliphatic rings. The standard InChI is InChI=1S/C6H4F10O4/c7-1(8,3(11,12)5(14,15)16)2(9,10)4(13,17)6(18,19)20/h17-20H. The van der Waals surface area contributed by atoms with Gasteiger partial charge < -0.3 is 20.4 Å². The summed E-state index contributed by atoms with van der Waals surface area (Å²) in [5.74, 6) is -35.1. The van der Waals surface area contributed by atoms with Crippen LogP contribution in [0.1, 0.15) is 0 Å². The van der Waals surface area contributed by atoms with Crippen molar-refractivity contribution in [3.63, 3.8) is 0 Å². The number of halogens is 10. The number of alkyl halides is 10. The minimum absolute atomic E-state index is 5.76. The highest BCUT2D eigenvalue weighted by Gasteiger charge is 2.89. The van der Waals surface area contributed by atoms with Crippen molar-refractivity contribution in [2.45, 2.75) is 35.8 Å². The van der Waals surface area contributed by atoms with Crippen molar-refractivity contribution < 1.29 is 64.3 Å². The van der Waals surface area contributed by atoms with E-state index in [0.29, 0.717) is 0 Å². The average molecular weight is 330 g/mol. The maximum absolute atomic E-state index is 12.7. The minimum atomic E-state index is -7.68. The first-order valence-corrected chi connectivity index (χ1v) is 4.03. The minimum Gasteiger partial charge on any atom is -0.351 e. The number of hydrogen-bond acceptors (Lipinski definition) is 4. The molecule has 122 valence electrons. The van der Waals surface area contributed by atoms with Gasteiger partial charge in [0.1, 0.15) is 0 Å². The van der Waals surface area contributed by atoms with Crippen LogP contribution in [0, 0.1) is 0 Å². The molecule has 0 radical (unpaired) electrons. The summed E-state index contributed by atoms with van der Waals surface area (Å²) < 4.78 is 122. The maximum Gasteiger partial charge on any atom is 0.460 e. The van der Waals surface area contributed by atoms with Gasteiger partial charge in [-0.05, 0) is 0 Å². The quantitative estimate of drug-likeness (QED) is 0.453. The van der Waals surface area contributed by atoms with Crippen molar-refractivity contribution in [2.24, 2.45) is 0 Å². The van der Waals surface area contributed by atoms with Crippen LogP contribution in [0.25, 0.3) is 0 Å². The Kier molecular flexibility index (Phi) is 4.13. The fourth-order valence-electron chi connectivity index (χ4n) is 0.794. The zero-order valence-electron chi connectivity index (χ0n) is 8.57. The Morgan fingerprint density at radius 2 is 0.750 bits per heavy atom. The monoisotopic (exact) mass is 330 g/mol. The Balaban J connectivity index is 6.08. The first kappa shape index (κ1) is 19.1. The van der Waals surface area contributed by atoms with Crippen molar-refractivity contribution in [1.29, 1.82) is 0 Å². The molecule has 0 rings (SSSR count). The molecule has 0 heterocycles. The SMILES string of the molecule is OC(O)(O)C(O)(F)C(F)(F)C(F)(F)C(F)(F)C(F)(F)F. The molecule has 0 aliphatic heterocycles. The van der Waals surface area contributed by atoms with Crippen LogP contribution in [0.4, 0.5) is 43.9 Å². The van der Waals surface area contributed by atoms with Crippen LogP contribution in [0.3, 0.4) is 0 Å². The van der Waals surface area contributed by atoms with Crippen LogP contribution < -0.4 is 0 Å². The van der Waals surface area contributed by atoms with Crippen molar-refractivity contribution in [1.82, 2.24) is 0 Å². The summed E-state index contributed by atoms with van der Waals surface area (Å²) in [7, 11) is 0. The van der Waals surface area contributed by atoms with Crippen molar-refractivity contribution in [2.75, 3.05) is 0 Å². The van der Waals surface area contributed by atoms with Gasteiger partial charge in [-0.25, -0.2) is 0 Å². The molecule has 0 aliphatic carbocycles. The van der Waals surface area contributed by atoms with Crippen LogP contribution in [-0.2, 0) is 0 Å². The van der Waals surface area contributed by atoms with E-state index in [0.717, 1.165) is 0 Å². The van der Waals surface area contributed by atoms with E-state index in [1.807, 2.05) is 0 Å². The summed E-state index contributed by atoms with van der Waals surface area (Å²) in [6.45, 7) is 0. The van der Waals surface area contributed by atoms with Crippen LogP contribution in [0.15, 0.2) is 0 Å². The smallest absolute Gasteiger partial charge is 0.351 e. The van der Waals surface area contributed by atoms with Crippen LogP contribution >= 0.6 is 0 Å². The first-order valence-electron chi connectivity index (χ1n) is 4.03. The number of rotatable bonds is 4. The number of aliphatic hydroxyl groups is 4. The van der Waals surface area contributed by atoms with Gasteiger partial charge in [-0.2, -0.15) is 43.9 Å². The molecule has 0 aromatic heterocycles. The Hall–Kier alpha value is -0.860. The Morgan fingerprint density at radius 3 is 0.950 bits per heavy atom. The molecule has 0 spiro atoms. The van der Waals surface area contributed by atoms with Crippen LogP contribution in [0.5, 0.6) is 0 Å². The van der Waals surface area contributed by atoms with Crippen LogP contribution in [0.2, 0.25) is 0 Å². The van der Waals surface area contributed by atoms with Gasteiger partial charge in [-0.1, -0.05) is 0 Å². The van der Waals surface area contributed by atoms with Crippen molar-refractivity contribution in [3.8, 4) is 0 Å². The lowest BCUT2D eigenvalue weighted by Gasteiger charge is -2.40. The first-order chi connectivity index (χ1) is 8.25. The summed E-state index contributed by atoms with van der Waals surface area (Å²) >= 11 is 0. The van der Waals surface area contributed by atoms with E-state index in [9.17, 15) is 43.9 Å². The van der Waals surface area contributed by atoms with E-state index < -0.39 is 35.8 Å². The van der Waals surface area contributed by atoms with Gasteiger partial charge in [-0.15, -0.1) is 0 Å². The Morgan fingerprint density at radius 1 is 0.450 bits per heavy atom. The summed E-state index contributed by atoms with van der Waals surface area (Å²) in [4.78, 5) is 0. The van der Waals surface area contributed by atoms with Gasteiger partial charge in [0.05, 0.1) is 0 Å². The molecule has 1 unspecified atom stereocenters. The molecule has 0 fully saturated rings. The maximum atomic E-state index is 12.7. The van der Waals surface area contributed by atoms with Gasteiger partial charge >= 0.3 is 35.8 Å². The predicted octanol–water partition coefficient (Wildman–Crippen LogP) is 0.743. The van der Waals surface area contributed by atoms with Gasteiger partial charge in [0.2, 0.25) is 0 Å². The summed E-state index contributed by atoms with van der Waals surface area (Å²) in [5, 5.41) is 31.6. The summed E-state index contributed by atoms with van der Waals surface area (Å²) in [6, 6.07) is 0. The molecule has 0 saturated carbocycles. The van der Waals surface area contributed by atoms with Crippen molar-refractivity contribution >= 4 is 0 Å². The second kappa shape index (κ2) is 4.32. The molecular weight excluding hydrogens is 326 g/mol. The van der Waals surface area contributed by atoms with E-state index in [1.54, 1.807) is 0 Å². The molecule has 4 nitrogen and oxygen atoms in total. The normalized spacial score (nSPS) is 18.9. The van der Waals surface area contributed by atoms with E-state index in [-0.39, 0.29) is 0 Å². The Labute approximate surface area is 101 Å². The van der Waals surface area contributed by atoms with Gasteiger partial charge in [0.15, 0.2) is 0 Å². The van der Waals surface area contributed by atoms with Gasteiger partial charge in [0.25, 0.3) is 0 Å². The third kappa shape index (κ3) is 2.29. The second-order valence-electron chi connectivity index (χ2n) is 3.48. The zero-order chi connectivity index (χ0) is 17.0. The predicted molar refractivity (Wildman–Crippen MR) is 36.3 cm³/mol. The molecule has 4 N–H and O–H groups in total. The van der Waals surface area contributed by atoms with Crippen molar-refractivity contribution in [3.05, 3.63) is 0 Å². The lowest BCUT2D eigenvalue weighted by molar-refractivity contribution is -0.505.